The molecule has 0 N–H and O–H groups in total. The average Bonchev–Trinajstić information content (AvgIpc) is 3.95. The Morgan fingerprint density at radius 3 is 1.72 bits per heavy atom. The number of fused-ring (bicyclic) bond motifs is 16. The first kappa shape index (κ1) is 27.5. The van der Waals surface area contributed by atoms with E-state index in [1.54, 1.807) is 0 Å². The maximum absolute atomic E-state index is 5.46. The molecule has 0 aliphatic rings. The summed E-state index contributed by atoms with van der Waals surface area (Å²) in [6, 6.07) is 59.7. The van der Waals surface area contributed by atoms with E-state index < -0.39 is 0 Å². The average molecular weight is 673 g/mol. The molecule has 0 aliphatic carbocycles. The Balaban J connectivity index is 1.25. The lowest BCUT2D eigenvalue weighted by Gasteiger charge is -2.28. The summed E-state index contributed by atoms with van der Waals surface area (Å²) in [4.78, 5) is 7.89. The summed E-state index contributed by atoms with van der Waals surface area (Å²) in [6.45, 7) is 0. The van der Waals surface area contributed by atoms with Gasteiger partial charge < -0.3 is 9.30 Å². The molecule has 0 aliphatic heterocycles. The Morgan fingerprint density at radius 2 is 0.962 bits per heavy atom. The molecule has 0 saturated carbocycles. The van der Waals surface area contributed by atoms with Crippen molar-refractivity contribution in [2.24, 2.45) is 0 Å². The molecule has 13 aromatic rings. The lowest BCUT2D eigenvalue weighted by molar-refractivity contribution is 1.24. The quantitative estimate of drug-likeness (QED) is 0.187. The van der Waals surface area contributed by atoms with E-state index in [9.17, 15) is 0 Å². The van der Waals surface area contributed by atoms with Crippen LogP contribution in [0.15, 0.2) is 170 Å². The molecule has 53 heavy (non-hydrogen) atoms. The minimum absolute atomic E-state index is 0.986. The second-order valence-corrected chi connectivity index (χ2v) is 14.3. The number of aromatic nitrogens is 3. The normalized spacial score (nSPS) is 12.5. The summed E-state index contributed by atoms with van der Waals surface area (Å²) in [5.74, 6) is 0. The van der Waals surface area contributed by atoms with Crippen molar-refractivity contribution < 1.29 is 0 Å². The summed E-state index contributed by atoms with van der Waals surface area (Å²) in [5, 5.41) is 15.0. The second kappa shape index (κ2) is 9.78. The van der Waals surface area contributed by atoms with Crippen molar-refractivity contribution in [3.05, 3.63) is 170 Å². The Bertz CT molecular complexity index is 3580. The number of rotatable bonds is 3. The van der Waals surface area contributed by atoms with Crippen LogP contribution in [0.2, 0.25) is 0 Å². The first-order valence-electron chi connectivity index (χ1n) is 18.2. The standard InChI is InChI=1S/C49H28N4/c1-3-15-31(16-4-1)51(32-17-5-2-6-18-32)47-34-20-10-8-14-30(34)27-39-35-21-11-24-38-44-43-37-23-12-22-36-42-33-19-9-7-13-29(33)25-26-40(42)52(46(36)37)41(43)28-50-49(44)53(45(35)38)48(39)47/h1-28H. The van der Waals surface area contributed by atoms with Gasteiger partial charge in [0.05, 0.1) is 39.5 Å². The molecule has 0 unspecified atom stereocenters. The zero-order valence-electron chi connectivity index (χ0n) is 28.5. The monoisotopic (exact) mass is 672 g/mol. The lowest BCUT2D eigenvalue weighted by atomic mass is 10.00. The first-order valence-corrected chi connectivity index (χ1v) is 18.2. The van der Waals surface area contributed by atoms with Crippen LogP contribution in [0.1, 0.15) is 0 Å². The number of hydrogen-bond donors (Lipinski definition) is 0. The van der Waals surface area contributed by atoms with Gasteiger partial charge in [-0.2, -0.15) is 0 Å². The molecule has 0 bridgehead atoms. The summed E-state index contributed by atoms with van der Waals surface area (Å²) in [7, 11) is 0. The van der Waals surface area contributed by atoms with E-state index in [0.717, 1.165) is 33.7 Å². The molecule has 0 fully saturated rings. The molecule has 4 heteroatoms. The maximum Gasteiger partial charge on any atom is 0.146 e. The van der Waals surface area contributed by atoms with Crippen LogP contribution in [0, 0.1) is 0 Å². The highest BCUT2D eigenvalue weighted by Crippen LogP contribution is 2.51. The Kier molecular flexibility index (Phi) is 5.08. The van der Waals surface area contributed by atoms with Gasteiger partial charge in [-0.1, -0.05) is 127 Å². The predicted octanol–water partition coefficient (Wildman–Crippen LogP) is 13.2. The highest BCUT2D eigenvalue weighted by Gasteiger charge is 2.28. The van der Waals surface area contributed by atoms with Gasteiger partial charge in [-0.15, -0.1) is 0 Å². The van der Waals surface area contributed by atoms with Crippen molar-refractivity contribution in [2.45, 2.75) is 0 Å². The molecular formula is C49H28N4. The van der Waals surface area contributed by atoms with Crippen LogP contribution in [0.25, 0.3) is 97.9 Å². The van der Waals surface area contributed by atoms with E-state index in [0.29, 0.717) is 0 Å². The molecule has 8 aromatic carbocycles. The third-order valence-electron chi connectivity index (χ3n) is 11.7. The fourth-order valence-electron chi connectivity index (χ4n) is 9.71. The number of para-hydroxylation sites is 4. The van der Waals surface area contributed by atoms with E-state index in [1.165, 1.54) is 81.2 Å². The van der Waals surface area contributed by atoms with Gasteiger partial charge in [0, 0.05) is 59.9 Å². The Hall–Kier alpha value is -7.17. The van der Waals surface area contributed by atoms with E-state index in [4.69, 9.17) is 4.98 Å². The maximum atomic E-state index is 5.46. The molecule has 5 aromatic heterocycles. The van der Waals surface area contributed by atoms with Crippen LogP contribution in [0.5, 0.6) is 0 Å². The smallest absolute Gasteiger partial charge is 0.146 e. The molecular weight excluding hydrogens is 645 g/mol. The van der Waals surface area contributed by atoms with E-state index in [1.807, 2.05) is 0 Å². The number of hydrogen-bond acceptors (Lipinski definition) is 2. The fraction of sp³-hybridized carbons (Fsp3) is 0. The van der Waals surface area contributed by atoms with Crippen LogP contribution in [-0.2, 0) is 0 Å². The van der Waals surface area contributed by atoms with Gasteiger partial charge in [0.2, 0.25) is 0 Å². The van der Waals surface area contributed by atoms with Crippen molar-refractivity contribution in [3.63, 3.8) is 0 Å². The lowest BCUT2D eigenvalue weighted by Crippen LogP contribution is -2.11. The Labute approximate surface area is 302 Å². The summed E-state index contributed by atoms with van der Waals surface area (Å²) in [6.07, 6.45) is 2.12. The van der Waals surface area contributed by atoms with Crippen molar-refractivity contribution in [2.75, 3.05) is 4.90 Å². The third kappa shape index (κ3) is 3.34. The van der Waals surface area contributed by atoms with Gasteiger partial charge in [0.15, 0.2) is 0 Å². The Morgan fingerprint density at radius 1 is 0.377 bits per heavy atom. The third-order valence-corrected chi connectivity index (χ3v) is 11.7. The van der Waals surface area contributed by atoms with Gasteiger partial charge in [0.1, 0.15) is 5.65 Å². The molecule has 0 saturated heterocycles. The number of pyridine rings is 1. The molecule has 0 atom stereocenters. The molecule has 13 rings (SSSR count). The van der Waals surface area contributed by atoms with Crippen LogP contribution in [0.4, 0.5) is 17.1 Å². The van der Waals surface area contributed by atoms with Crippen LogP contribution >= 0.6 is 0 Å². The minimum atomic E-state index is 0.986. The molecule has 0 radical (unpaired) electrons. The number of anilines is 3. The van der Waals surface area contributed by atoms with Gasteiger partial charge >= 0.3 is 0 Å². The highest BCUT2D eigenvalue weighted by atomic mass is 15.2. The zero-order chi connectivity index (χ0) is 34.4. The molecule has 0 spiro atoms. The summed E-state index contributed by atoms with van der Waals surface area (Å²) >= 11 is 0. The highest BCUT2D eigenvalue weighted by molar-refractivity contribution is 6.37. The van der Waals surface area contributed by atoms with Gasteiger partial charge in [-0.05, 0) is 52.6 Å². The predicted molar refractivity (Wildman–Crippen MR) is 223 cm³/mol. The van der Waals surface area contributed by atoms with Crippen LogP contribution in [-0.4, -0.2) is 13.8 Å². The summed E-state index contributed by atoms with van der Waals surface area (Å²) < 4.78 is 4.93. The van der Waals surface area contributed by atoms with Crippen molar-refractivity contribution >= 4 is 115 Å². The second-order valence-electron chi connectivity index (χ2n) is 14.3. The van der Waals surface area contributed by atoms with Crippen molar-refractivity contribution in [1.29, 1.82) is 0 Å². The molecule has 5 heterocycles. The fourth-order valence-corrected chi connectivity index (χ4v) is 9.71. The van der Waals surface area contributed by atoms with Crippen LogP contribution in [0.3, 0.4) is 0 Å². The van der Waals surface area contributed by atoms with Crippen LogP contribution < -0.4 is 4.90 Å². The molecule has 4 nitrogen and oxygen atoms in total. The van der Waals surface area contributed by atoms with Gasteiger partial charge in [0.25, 0.3) is 0 Å². The van der Waals surface area contributed by atoms with E-state index in [-0.39, 0.29) is 0 Å². The largest absolute Gasteiger partial charge is 0.308 e. The van der Waals surface area contributed by atoms with Gasteiger partial charge in [-0.3, -0.25) is 4.40 Å². The number of nitrogens with zero attached hydrogens (tertiary/aromatic N) is 4. The number of benzene rings is 8. The molecule has 0 amide bonds. The van der Waals surface area contributed by atoms with E-state index >= 15 is 0 Å². The SMILES string of the molecule is c1ccc(N(c2ccccc2)c2c3ccccc3cc3c4cccc5c6c7c8cccc9c%10c%11ccccc%11ccc%10n(c7cnc6n(c23)c45)c98)cc1. The summed E-state index contributed by atoms with van der Waals surface area (Å²) in [5.41, 5.74) is 10.4. The van der Waals surface area contributed by atoms with Crippen molar-refractivity contribution in [3.8, 4) is 0 Å². The van der Waals surface area contributed by atoms with Gasteiger partial charge in [-0.25, -0.2) is 4.98 Å². The molecule has 244 valence electrons. The topological polar surface area (TPSA) is 24.9 Å². The minimum Gasteiger partial charge on any atom is -0.308 e. The van der Waals surface area contributed by atoms with E-state index in [2.05, 4.69) is 184 Å². The van der Waals surface area contributed by atoms with Crippen molar-refractivity contribution in [1.82, 2.24) is 13.8 Å². The first-order chi connectivity index (χ1) is 26.3. The zero-order valence-corrected chi connectivity index (χ0v) is 28.5.